The van der Waals surface area contributed by atoms with Gasteiger partial charge < -0.3 is 9.13 Å². The van der Waals surface area contributed by atoms with Gasteiger partial charge in [0.1, 0.15) is 0 Å². The van der Waals surface area contributed by atoms with E-state index in [0.717, 1.165) is 0 Å². The van der Waals surface area contributed by atoms with Gasteiger partial charge in [-0.3, -0.25) is 0 Å². The van der Waals surface area contributed by atoms with Crippen molar-refractivity contribution in [1.82, 2.24) is 9.13 Å². The van der Waals surface area contributed by atoms with Gasteiger partial charge in [-0.05, 0) is 57.4 Å². The van der Waals surface area contributed by atoms with E-state index in [1.54, 1.807) is 0 Å². The van der Waals surface area contributed by atoms with Crippen molar-refractivity contribution < 1.29 is 0 Å². The van der Waals surface area contributed by atoms with Gasteiger partial charge in [0.15, 0.2) is 0 Å². The highest BCUT2D eigenvalue weighted by Gasteiger charge is 2.47. The Bertz CT molecular complexity index is 2530. The Morgan fingerprint density at radius 3 is 1.95 bits per heavy atom. The van der Waals surface area contributed by atoms with Crippen molar-refractivity contribution in [3.05, 3.63) is 150 Å². The molecule has 4 heterocycles. The van der Waals surface area contributed by atoms with Gasteiger partial charge in [0, 0.05) is 38.8 Å². The molecule has 11 rings (SSSR count). The van der Waals surface area contributed by atoms with Crippen LogP contribution in [0.25, 0.3) is 60.5 Å². The summed E-state index contributed by atoms with van der Waals surface area (Å²) in [7, 11) is 0. The van der Waals surface area contributed by atoms with Crippen molar-refractivity contribution in [2.24, 2.45) is 0 Å². The molecule has 1 unspecified atom stereocenters. The summed E-state index contributed by atoms with van der Waals surface area (Å²) in [6.45, 7) is 0.158. The Labute approximate surface area is 242 Å². The summed E-state index contributed by atoms with van der Waals surface area (Å²) in [5, 5.41) is 5.36. The maximum Gasteiger partial charge on any atom is 0.252 e. The fraction of sp³-hybridized carbons (Fsp3) is 0.0256. The highest BCUT2D eigenvalue weighted by Crippen LogP contribution is 2.54. The van der Waals surface area contributed by atoms with Crippen molar-refractivity contribution in [3.63, 3.8) is 0 Å². The predicted molar refractivity (Wildman–Crippen MR) is 177 cm³/mol. The fourth-order valence-corrected chi connectivity index (χ4v) is 8.74. The van der Waals surface area contributed by atoms with Gasteiger partial charge in [0.2, 0.25) is 0 Å². The van der Waals surface area contributed by atoms with E-state index in [9.17, 15) is 0 Å². The second-order valence-corrected chi connectivity index (χ2v) is 12.0. The quantitative estimate of drug-likeness (QED) is 0.191. The van der Waals surface area contributed by atoms with Crippen LogP contribution in [0.5, 0.6) is 0 Å². The van der Waals surface area contributed by atoms with Crippen LogP contribution in [-0.4, -0.2) is 15.8 Å². The van der Waals surface area contributed by atoms with E-state index < -0.39 is 0 Å². The molecule has 6 aromatic carbocycles. The lowest BCUT2D eigenvalue weighted by Crippen LogP contribution is -2.51. The highest BCUT2D eigenvalue weighted by atomic mass is 15.0. The first kappa shape index (κ1) is 21.5. The van der Waals surface area contributed by atoms with Gasteiger partial charge in [-0.2, -0.15) is 0 Å². The van der Waals surface area contributed by atoms with Crippen LogP contribution in [0.3, 0.4) is 0 Å². The number of allylic oxidation sites excluding steroid dienone is 1. The Hall–Kier alpha value is -5.28. The number of fused-ring (bicyclic) bond motifs is 13. The molecular weight excluding hydrogens is 507 g/mol. The second-order valence-electron chi connectivity index (χ2n) is 12.0. The molecule has 42 heavy (non-hydrogen) atoms. The Morgan fingerprint density at radius 1 is 0.524 bits per heavy atom. The molecule has 2 nitrogen and oxygen atoms in total. The Morgan fingerprint density at radius 2 is 1.14 bits per heavy atom. The van der Waals surface area contributed by atoms with E-state index in [1.165, 1.54) is 88.1 Å². The van der Waals surface area contributed by atoms with Crippen LogP contribution in [0.4, 0.5) is 0 Å². The minimum Gasteiger partial charge on any atom is -0.313 e. The summed E-state index contributed by atoms with van der Waals surface area (Å²) in [5.41, 5.74) is 16.5. The molecule has 0 saturated heterocycles. The molecule has 0 bridgehead atoms. The zero-order valence-electron chi connectivity index (χ0n) is 22.8. The summed E-state index contributed by atoms with van der Waals surface area (Å²) in [5.74, 6) is 0.167. The lowest BCUT2D eigenvalue weighted by atomic mass is 9.33. The number of hydrogen-bond acceptors (Lipinski definition) is 0. The lowest BCUT2D eigenvalue weighted by molar-refractivity contribution is 0.991. The molecule has 192 valence electrons. The normalized spacial score (nSPS) is 16.2. The minimum atomic E-state index is 0.158. The molecule has 2 aromatic heterocycles. The van der Waals surface area contributed by atoms with Crippen LogP contribution in [0.1, 0.15) is 22.6 Å². The van der Waals surface area contributed by atoms with Crippen molar-refractivity contribution in [3.8, 4) is 5.69 Å². The van der Waals surface area contributed by atoms with E-state index in [4.69, 9.17) is 0 Å². The monoisotopic (exact) mass is 530 g/mol. The molecule has 0 fully saturated rings. The van der Waals surface area contributed by atoms with Crippen LogP contribution < -0.4 is 10.9 Å². The van der Waals surface area contributed by atoms with E-state index in [2.05, 4.69) is 143 Å². The van der Waals surface area contributed by atoms with Crippen LogP contribution >= 0.6 is 0 Å². The average Bonchev–Trinajstić information content (AvgIpc) is 3.69. The van der Waals surface area contributed by atoms with Gasteiger partial charge in [-0.25, -0.2) is 0 Å². The van der Waals surface area contributed by atoms with Gasteiger partial charge in [-0.15, -0.1) is 0 Å². The predicted octanol–water partition coefficient (Wildman–Crippen LogP) is 7.88. The van der Waals surface area contributed by atoms with Gasteiger partial charge in [0.05, 0.1) is 22.1 Å². The summed E-state index contributed by atoms with van der Waals surface area (Å²) >= 11 is 0. The van der Waals surface area contributed by atoms with Crippen LogP contribution in [0.2, 0.25) is 0 Å². The highest BCUT2D eigenvalue weighted by molar-refractivity contribution is 7.04. The third-order valence-corrected chi connectivity index (χ3v) is 10.2. The van der Waals surface area contributed by atoms with E-state index in [0.29, 0.717) is 0 Å². The standard InChI is InChI=1S/C39H23BN2/c1-2-12-23(13-3-1)34-26-16-4-5-17-27(26)35-39(34)42-32-20-10-7-15-25(32)29-22-28-24-14-6-9-19-31(24)41-33-21-11-8-18-30(33)40(35)36(37(28)41)38(29)42/h1-22,34H. The van der Waals surface area contributed by atoms with Crippen LogP contribution in [0.15, 0.2) is 133 Å². The SMILES string of the molecule is c1ccc(C2C3=C(B4c5ccccc5-n5c6ccccc6c6cc7c8ccccc8n3c7c4c65)c3ccccc32)cc1. The first-order valence-corrected chi connectivity index (χ1v) is 14.9. The second kappa shape index (κ2) is 7.32. The minimum absolute atomic E-state index is 0.158. The van der Waals surface area contributed by atoms with Crippen LogP contribution in [0, 0.1) is 0 Å². The van der Waals surface area contributed by atoms with E-state index >= 15 is 0 Å². The fourth-order valence-electron chi connectivity index (χ4n) is 8.74. The zero-order chi connectivity index (χ0) is 27.1. The third kappa shape index (κ3) is 2.31. The van der Waals surface area contributed by atoms with Crippen molar-refractivity contribution >= 4 is 72.4 Å². The molecule has 2 aliphatic heterocycles. The molecule has 0 N–H and O–H groups in total. The van der Waals surface area contributed by atoms with E-state index in [1.807, 2.05) is 0 Å². The molecule has 1 aliphatic carbocycles. The molecule has 0 spiro atoms. The van der Waals surface area contributed by atoms with Crippen molar-refractivity contribution in [1.29, 1.82) is 0 Å². The molecule has 3 heteroatoms. The third-order valence-electron chi connectivity index (χ3n) is 10.2. The van der Waals surface area contributed by atoms with E-state index in [-0.39, 0.29) is 12.6 Å². The maximum atomic E-state index is 2.65. The molecular formula is C39H23BN2. The smallest absolute Gasteiger partial charge is 0.252 e. The van der Waals surface area contributed by atoms with Crippen LogP contribution in [-0.2, 0) is 0 Å². The zero-order valence-corrected chi connectivity index (χ0v) is 22.8. The van der Waals surface area contributed by atoms with Crippen molar-refractivity contribution in [2.45, 2.75) is 5.92 Å². The summed E-state index contributed by atoms with van der Waals surface area (Å²) in [6, 6.07) is 49.9. The lowest BCUT2D eigenvalue weighted by Gasteiger charge is -2.34. The number of aromatic nitrogens is 2. The summed E-state index contributed by atoms with van der Waals surface area (Å²) in [6.07, 6.45) is 0. The Balaban J connectivity index is 1.44. The molecule has 1 atom stereocenters. The number of rotatable bonds is 1. The molecule has 0 saturated carbocycles. The summed E-state index contributed by atoms with van der Waals surface area (Å²) in [4.78, 5) is 0. The molecule has 3 aliphatic rings. The average molecular weight is 530 g/mol. The first-order valence-electron chi connectivity index (χ1n) is 14.9. The first-order chi connectivity index (χ1) is 20.9. The Kier molecular flexibility index (Phi) is 3.74. The van der Waals surface area contributed by atoms with Gasteiger partial charge in [0.25, 0.3) is 6.71 Å². The molecule has 0 amide bonds. The molecule has 0 radical (unpaired) electrons. The number of para-hydroxylation sites is 3. The topological polar surface area (TPSA) is 9.86 Å². The number of benzene rings is 6. The number of hydrogen-bond donors (Lipinski definition) is 0. The summed E-state index contributed by atoms with van der Waals surface area (Å²) < 4.78 is 5.20. The number of nitrogens with zero attached hydrogens (tertiary/aromatic N) is 2. The largest absolute Gasteiger partial charge is 0.313 e. The van der Waals surface area contributed by atoms with Crippen molar-refractivity contribution in [2.75, 3.05) is 0 Å². The van der Waals surface area contributed by atoms with Gasteiger partial charge >= 0.3 is 0 Å². The maximum absolute atomic E-state index is 2.65. The molecule has 8 aromatic rings. The van der Waals surface area contributed by atoms with Gasteiger partial charge in [-0.1, -0.05) is 109 Å².